The molecule has 19 heavy (non-hydrogen) atoms. The average molecular weight is 252 g/mol. The highest BCUT2D eigenvalue weighted by Crippen LogP contribution is 2.34. The highest BCUT2D eigenvalue weighted by atomic mass is 16.2. The predicted octanol–water partition coefficient (Wildman–Crippen LogP) is 2.39. The molecule has 0 aliphatic carbocycles. The predicted molar refractivity (Wildman–Crippen MR) is 71.0 cm³/mol. The van der Waals surface area contributed by atoms with Gasteiger partial charge in [0.2, 0.25) is 5.91 Å². The van der Waals surface area contributed by atoms with Gasteiger partial charge in [-0.25, -0.2) is 0 Å². The highest BCUT2D eigenvalue weighted by molar-refractivity contribution is 6.07. The van der Waals surface area contributed by atoms with E-state index >= 15 is 0 Å². The topological polar surface area (TPSA) is 59.1 Å². The number of nitrogens with zero attached hydrogens (tertiary/aromatic N) is 1. The van der Waals surface area contributed by atoms with Crippen LogP contribution in [0.25, 0.3) is 0 Å². The summed E-state index contributed by atoms with van der Waals surface area (Å²) in [6.45, 7) is 0. The smallest absolute Gasteiger partial charge is 0.232 e. The molecule has 1 aromatic carbocycles. The second-order valence-corrected chi connectivity index (χ2v) is 4.47. The minimum atomic E-state index is -0.411. The Morgan fingerprint density at radius 1 is 1.16 bits per heavy atom. The molecule has 1 aliphatic heterocycles. The number of ketones is 1. The molecule has 1 aromatic heterocycles. The standard InChI is InChI=1S/C15H12N2O2/c18-14(13-7-3-4-8-16-13)9-11-10-5-1-2-6-12(10)17-15(11)19/h1-8,11H,9H2,(H,17,19). The van der Waals surface area contributed by atoms with E-state index in [4.69, 9.17) is 0 Å². The Morgan fingerprint density at radius 3 is 2.74 bits per heavy atom. The van der Waals surface area contributed by atoms with E-state index in [9.17, 15) is 9.59 Å². The zero-order chi connectivity index (χ0) is 13.2. The first kappa shape index (κ1) is 11.6. The normalized spacial score (nSPS) is 16.8. The zero-order valence-corrected chi connectivity index (χ0v) is 10.2. The summed E-state index contributed by atoms with van der Waals surface area (Å²) in [5.41, 5.74) is 2.09. The van der Waals surface area contributed by atoms with Crippen LogP contribution in [0, 0.1) is 0 Å². The van der Waals surface area contributed by atoms with Crippen LogP contribution < -0.4 is 5.32 Å². The fraction of sp³-hybridized carbons (Fsp3) is 0.133. The average Bonchev–Trinajstić information content (AvgIpc) is 2.76. The lowest BCUT2D eigenvalue weighted by Gasteiger charge is -2.07. The van der Waals surface area contributed by atoms with E-state index in [1.807, 2.05) is 24.3 Å². The molecular weight excluding hydrogens is 240 g/mol. The maximum Gasteiger partial charge on any atom is 0.232 e. The molecule has 0 saturated carbocycles. The number of rotatable bonds is 3. The molecule has 4 heteroatoms. The van der Waals surface area contributed by atoms with E-state index in [1.165, 1.54) is 0 Å². The van der Waals surface area contributed by atoms with Gasteiger partial charge in [-0.3, -0.25) is 14.6 Å². The van der Waals surface area contributed by atoms with Crippen molar-refractivity contribution < 1.29 is 9.59 Å². The van der Waals surface area contributed by atoms with Crippen molar-refractivity contribution in [1.29, 1.82) is 0 Å². The monoisotopic (exact) mass is 252 g/mol. The third kappa shape index (κ3) is 2.12. The molecule has 1 atom stereocenters. The number of aromatic nitrogens is 1. The number of hydrogen-bond donors (Lipinski definition) is 1. The molecule has 3 rings (SSSR count). The first-order valence-corrected chi connectivity index (χ1v) is 6.10. The summed E-state index contributed by atoms with van der Waals surface area (Å²) in [6.07, 6.45) is 1.73. The number of pyridine rings is 1. The summed E-state index contributed by atoms with van der Waals surface area (Å²) in [7, 11) is 0. The van der Waals surface area contributed by atoms with Gasteiger partial charge in [0.15, 0.2) is 5.78 Å². The summed E-state index contributed by atoms with van der Waals surface area (Å²) in [4.78, 5) is 28.0. The fourth-order valence-electron chi connectivity index (χ4n) is 2.30. The van der Waals surface area contributed by atoms with Gasteiger partial charge in [0, 0.05) is 18.3 Å². The van der Waals surface area contributed by atoms with Crippen molar-refractivity contribution in [1.82, 2.24) is 4.98 Å². The Balaban J connectivity index is 1.85. The Morgan fingerprint density at radius 2 is 1.95 bits per heavy atom. The van der Waals surface area contributed by atoms with Crippen LogP contribution in [0.5, 0.6) is 0 Å². The second kappa shape index (κ2) is 4.65. The van der Waals surface area contributed by atoms with Crippen LogP contribution in [0.1, 0.15) is 28.4 Å². The molecule has 2 heterocycles. The Bertz CT molecular complexity index is 638. The third-order valence-electron chi connectivity index (χ3n) is 3.25. The minimum Gasteiger partial charge on any atom is -0.325 e. The van der Waals surface area contributed by atoms with Crippen LogP contribution in [0.4, 0.5) is 5.69 Å². The van der Waals surface area contributed by atoms with E-state index in [0.29, 0.717) is 5.69 Å². The van der Waals surface area contributed by atoms with E-state index in [-0.39, 0.29) is 18.1 Å². The summed E-state index contributed by atoms with van der Waals surface area (Å²) in [5.74, 6) is -0.645. The maximum atomic E-state index is 12.1. The van der Waals surface area contributed by atoms with Gasteiger partial charge < -0.3 is 5.32 Å². The SMILES string of the molecule is O=C(CC1C(=O)Nc2ccccc21)c1ccccn1. The van der Waals surface area contributed by atoms with Gasteiger partial charge in [-0.2, -0.15) is 0 Å². The Kier molecular flexibility index (Phi) is 2.83. The number of amides is 1. The van der Waals surface area contributed by atoms with E-state index in [2.05, 4.69) is 10.3 Å². The van der Waals surface area contributed by atoms with Crippen LogP contribution in [0.2, 0.25) is 0 Å². The molecule has 4 nitrogen and oxygen atoms in total. The molecule has 94 valence electrons. The molecule has 2 aromatic rings. The third-order valence-corrected chi connectivity index (χ3v) is 3.25. The summed E-state index contributed by atoms with van der Waals surface area (Å²) in [6, 6.07) is 12.7. The van der Waals surface area contributed by atoms with Gasteiger partial charge in [0.05, 0.1) is 5.92 Å². The second-order valence-electron chi connectivity index (χ2n) is 4.47. The molecule has 1 amide bonds. The van der Waals surface area contributed by atoms with E-state index in [0.717, 1.165) is 11.3 Å². The summed E-state index contributed by atoms with van der Waals surface area (Å²) >= 11 is 0. The van der Waals surface area contributed by atoms with Crippen molar-refractivity contribution in [3.63, 3.8) is 0 Å². The van der Waals surface area contributed by atoms with Gasteiger partial charge in [-0.15, -0.1) is 0 Å². The van der Waals surface area contributed by atoms with Crippen LogP contribution in [0.3, 0.4) is 0 Å². The van der Waals surface area contributed by atoms with Crippen molar-refractivity contribution in [2.24, 2.45) is 0 Å². The Hall–Kier alpha value is -2.49. The van der Waals surface area contributed by atoms with Gasteiger partial charge in [-0.1, -0.05) is 24.3 Å². The first-order chi connectivity index (χ1) is 9.25. The lowest BCUT2D eigenvalue weighted by atomic mass is 9.94. The van der Waals surface area contributed by atoms with Crippen LogP contribution in [0.15, 0.2) is 48.7 Å². The molecule has 1 N–H and O–H groups in total. The van der Waals surface area contributed by atoms with Gasteiger partial charge in [-0.05, 0) is 23.8 Å². The zero-order valence-electron chi connectivity index (χ0n) is 10.2. The number of fused-ring (bicyclic) bond motifs is 1. The quantitative estimate of drug-likeness (QED) is 0.853. The van der Waals surface area contributed by atoms with Gasteiger partial charge in [0.1, 0.15) is 5.69 Å². The first-order valence-electron chi connectivity index (χ1n) is 6.10. The van der Waals surface area contributed by atoms with Crippen LogP contribution in [-0.2, 0) is 4.79 Å². The fourth-order valence-corrected chi connectivity index (χ4v) is 2.30. The summed E-state index contributed by atoms with van der Waals surface area (Å²) < 4.78 is 0. The molecule has 0 saturated heterocycles. The lowest BCUT2D eigenvalue weighted by molar-refractivity contribution is -0.117. The number of benzene rings is 1. The number of para-hydroxylation sites is 1. The van der Waals surface area contributed by atoms with Crippen molar-refractivity contribution in [2.75, 3.05) is 5.32 Å². The minimum absolute atomic E-state index is 0.113. The number of anilines is 1. The maximum absolute atomic E-state index is 12.1. The van der Waals surface area contributed by atoms with Crippen molar-refractivity contribution >= 4 is 17.4 Å². The van der Waals surface area contributed by atoms with Gasteiger partial charge >= 0.3 is 0 Å². The number of nitrogens with one attached hydrogen (secondary N) is 1. The molecule has 0 bridgehead atoms. The number of hydrogen-bond acceptors (Lipinski definition) is 3. The van der Waals surface area contributed by atoms with Crippen LogP contribution >= 0.6 is 0 Å². The van der Waals surface area contributed by atoms with Crippen molar-refractivity contribution in [2.45, 2.75) is 12.3 Å². The lowest BCUT2D eigenvalue weighted by Crippen LogP contribution is -2.16. The van der Waals surface area contributed by atoms with Crippen molar-refractivity contribution in [3.8, 4) is 0 Å². The van der Waals surface area contributed by atoms with Crippen LogP contribution in [-0.4, -0.2) is 16.7 Å². The number of Topliss-reactive ketones (excluding diaryl/α,β-unsaturated/α-hetero) is 1. The molecular formula is C15H12N2O2. The molecule has 0 radical (unpaired) electrons. The number of carbonyl (C=O) groups is 2. The largest absolute Gasteiger partial charge is 0.325 e. The number of carbonyl (C=O) groups excluding carboxylic acids is 2. The molecule has 1 aliphatic rings. The summed E-state index contributed by atoms with van der Waals surface area (Å²) in [5, 5.41) is 2.79. The van der Waals surface area contributed by atoms with Crippen molar-refractivity contribution in [3.05, 3.63) is 59.9 Å². The Labute approximate surface area is 110 Å². The van der Waals surface area contributed by atoms with E-state index < -0.39 is 5.92 Å². The van der Waals surface area contributed by atoms with E-state index in [1.54, 1.807) is 24.4 Å². The van der Waals surface area contributed by atoms with Gasteiger partial charge in [0.25, 0.3) is 0 Å². The highest BCUT2D eigenvalue weighted by Gasteiger charge is 2.32. The molecule has 0 fully saturated rings. The molecule has 0 spiro atoms. The molecule has 1 unspecified atom stereocenters.